The molecule has 1 fully saturated rings. The van der Waals surface area contributed by atoms with Gasteiger partial charge in [-0.05, 0) is 36.4 Å². The van der Waals surface area contributed by atoms with E-state index in [4.69, 9.17) is 9.47 Å². The van der Waals surface area contributed by atoms with Crippen LogP contribution in [0.2, 0.25) is 0 Å². The Hall–Kier alpha value is -1.22. The molecule has 1 aromatic carbocycles. The van der Waals surface area contributed by atoms with Gasteiger partial charge in [-0.25, -0.2) is 0 Å². The van der Waals surface area contributed by atoms with Gasteiger partial charge in [0.1, 0.15) is 0 Å². The molecule has 1 aliphatic rings. The van der Waals surface area contributed by atoms with Gasteiger partial charge < -0.3 is 14.8 Å². The van der Waals surface area contributed by atoms with Crippen LogP contribution in [0.5, 0.6) is 11.5 Å². The van der Waals surface area contributed by atoms with Gasteiger partial charge >= 0.3 is 0 Å². The molecule has 1 atom stereocenters. The fourth-order valence-electron chi connectivity index (χ4n) is 2.85. The van der Waals surface area contributed by atoms with Crippen LogP contribution >= 0.6 is 0 Å². The van der Waals surface area contributed by atoms with E-state index < -0.39 is 0 Å². The van der Waals surface area contributed by atoms with Gasteiger partial charge in [0.15, 0.2) is 11.5 Å². The minimum Gasteiger partial charge on any atom is -0.493 e. The van der Waals surface area contributed by atoms with Crippen molar-refractivity contribution in [2.75, 3.05) is 27.3 Å². The zero-order chi connectivity index (χ0) is 14.8. The van der Waals surface area contributed by atoms with Crippen LogP contribution in [-0.4, -0.2) is 27.3 Å². The Bertz CT molecular complexity index is 457. The van der Waals surface area contributed by atoms with Gasteiger partial charge in [0.25, 0.3) is 0 Å². The van der Waals surface area contributed by atoms with E-state index >= 15 is 0 Å². The molecule has 1 aromatic rings. The Morgan fingerprint density at radius 1 is 1.15 bits per heavy atom. The third-order valence-electron chi connectivity index (χ3n) is 4.11. The monoisotopic (exact) mass is 277 g/mol. The van der Waals surface area contributed by atoms with Gasteiger partial charge in [0.2, 0.25) is 0 Å². The van der Waals surface area contributed by atoms with Crippen molar-refractivity contribution in [3.8, 4) is 11.5 Å². The highest BCUT2D eigenvalue weighted by molar-refractivity contribution is 5.52. The second kappa shape index (κ2) is 6.04. The molecule has 0 spiro atoms. The standard InChI is InChI=1S/C17H27NO2/c1-17(2,3)13-9-14(12-7-6-8-18-11-12)16(20-5)15(10-13)19-4/h9-10,12,18H,6-8,11H2,1-5H3. The Morgan fingerprint density at radius 3 is 2.40 bits per heavy atom. The average Bonchev–Trinajstić information content (AvgIpc) is 2.45. The predicted octanol–water partition coefficient (Wildman–Crippen LogP) is 3.47. The topological polar surface area (TPSA) is 30.5 Å². The number of rotatable bonds is 3. The summed E-state index contributed by atoms with van der Waals surface area (Å²) in [6.07, 6.45) is 2.43. The van der Waals surface area contributed by atoms with Gasteiger partial charge in [-0.3, -0.25) is 0 Å². The van der Waals surface area contributed by atoms with E-state index in [0.29, 0.717) is 5.92 Å². The number of hydrogen-bond acceptors (Lipinski definition) is 3. The molecule has 1 N–H and O–H groups in total. The summed E-state index contributed by atoms with van der Waals surface area (Å²) in [6.45, 7) is 8.84. The van der Waals surface area contributed by atoms with E-state index in [1.54, 1.807) is 14.2 Å². The maximum Gasteiger partial charge on any atom is 0.164 e. The number of methoxy groups -OCH3 is 2. The lowest BCUT2D eigenvalue weighted by atomic mass is 9.82. The third-order valence-corrected chi connectivity index (χ3v) is 4.11. The fourth-order valence-corrected chi connectivity index (χ4v) is 2.85. The number of piperidine rings is 1. The molecule has 0 aliphatic carbocycles. The first-order valence-electron chi connectivity index (χ1n) is 7.44. The number of nitrogens with one attached hydrogen (secondary N) is 1. The van der Waals surface area contributed by atoms with E-state index in [0.717, 1.165) is 24.6 Å². The van der Waals surface area contributed by atoms with Crippen LogP contribution in [0.15, 0.2) is 12.1 Å². The molecule has 3 nitrogen and oxygen atoms in total. The van der Waals surface area contributed by atoms with Crippen molar-refractivity contribution in [3.05, 3.63) is 23.3 Å². The normalized spacial score (nSPS) is 19.8. The molecule has 2 rings (SSSR count). The van der Waals surface area contributed by atoms with Gasteiger partial charge in [0.05, 0.1) is 14.2 Å². The van der Waals surface area contributed by atoms with E-state index in [1.165, 1.54) is 24.0 Å². The molecule has 0 saturated carbocycles. The fraction of sp³-hybridized carbons (Fsp3) is 0.647. The summed E-state index contributed by atoms with van der Waals surface area (Å²) < 4.78 is 11.2. The Labute approximate surface area is 122 Å². The van der Waals surface area contributed by atoms with Crippen molar-refractivity contribution in [1.82, 2.24) is 5.32 Å². The summed E-state index contributed by atoms with van der Waals surface area (Å²) >= 11 is 0. The van der Waals surface area contributed by atoms with Crippen LogP contribution in [0.1, 0.15) is 50.7 Å². The molecule has 1 heterocycles. The SMILES string of the molecule is COc1cc(C(C)(C)C)cc(C2CCCNC2)c1OC. The molecule has 3 heteroatoms. The summed E-state index contributed by atoms with van der Waals surface area (Å²) in [4.78, 5) is 0. The van der Waals surface area contributed by atoms with Gasteiger partial charge in [-0.15, -0.1) is 0 Å². The van der Waals surface area contributed by atoms with Crippen molar-refractivity contribution < 1.29 is 9.47 Å². The highest BCUT2D eigenvalue weighted by Gasteiger charge is 2.25. The second-order valence-electron chi connectivity index (χ2n) is 6.59. The summed E-state index contributed by atoms with van der Waals surface area (Å²) in [6, 6.07) is 4.41. The lowest BCUT2D eigenvalue weighted by molar-refractivity contribution is 0.343. The molecule has 1 unspecified atom stereocenters. The van der Waals surface area contributed by atoms with E-state index in [-0.39, 0.29) is 5.41 Å². The summed E-state index contributed by atoms with van der Waals surface area (Å²) in [7, 11) is 3.45. The van der Waals surface area contributed by atoms with Gasteiger partial charge in [0, 0.05) is 18.0 Å². The van der Waals surface area contributed by atoms with Crippen LogP contribution in [0.4, 0.5) is 0 Å². The molecule has 0 bridgehead atoms. The third kappa shape index (κ3) is 3.09. The van der Waals surface area contributed by atoms with Crippen molar-refractivity contribution in [3.63, 3.8) is 0 Å². The van der Waals surface area contributed by atoms with Crippen molar-refractivity contribution in [2.45, 2.75) is 44.9 Å². The molecule has 112 valence electrons. The maximum absolute atomic E-state index is 5.64. The predicted molar refractivity (Wildman–Crippen MR) is 83.1 cm³/mol. The quantitative estimate of drug-likeness (QED) is 0.917. The lowest BCUT2D eigenvalue weighted by Gasteiger charge is -2.28. The number of ether oxygens (including phenoxy) is 2. The van der Waals surface area contributed by atoms with Crippen LogP contribution in [0.25, 0.3) is 0 Å². The van der Waals surface area contributed by atoms with E-state index in [2.05, 4.69) is 38.2 Å². The molecule has 0 amide bonds. The summed E-state index contributed by atoms with van der Waals surface area (Å²) in [5.74, 6) is 2.25. The maximum atomic E-state index is 5.64. The Morgan fingerprint density at radius 2 is 1.90 bits per heavy atom. The Balaban J connectivity index is 2.50. The van der Waals surface area contributed by atoms with Crippen molar-refractivity contribution in [1.29, 1.82) is 0 Å². The highest BCUT2D eigenvalue weighted by atomic mass is 16.5. The van der Waals surface area contributed by atoms with Gasteiger partial charge in [-0.1, -0.05) is 26.8 Å². The zero-order valence-corrected chi connectivity index (χ0v) is 13.4. The van der Waals surface area contributed by atoms with Gasteiger partial charge in [-0.2, -0.15) is 0 Å². The van der Waals surface area contributed by atoms with Crippen LogP contribution in [0.3, 0.4) is 0 Å². The first-order valence-corrected chi connectivity index (χ1v) is 7.44. The lowest BCUT2D eigenvalue weighted by Crippen LogP contribution is -2.29. The summed E-state index contributed by atoms with van der Waals surface area (Å²) in [5.41, 5.74) is 2.69. The second-order valence-corrected chi connectivity index (χ2v) is 6.59. The average molecular weight is 277 g/mol. The van der Waals surface area contributed by atoms with Crippen LogP contribution < -0.4 is 14.8 Å². The number of hydrogen-bond donors (Lipinski definition) is 1. The van der Waals surface area contributed by atoms with Crippen molar-refractivity contribution >= 4 is 0 Å². The minimum atomic E-state index is 0.108. The molecular formula is C17H27NO2. The molecule has 1 saturated heterocycles. The smallest absolute Gasteiger partial charge is 0.164 e. The van der Waals surface area contributed by atoms with E-state index in [1.807, 2.05) is 0 Å². The van der Waals surface area contributed by atoms with Crippen LogP contribution in [0, 0.1) is 0 Å². The largest absolute Gasteiger partial charge is 0.493 e. The number of benzene rings is 1. The molecule has 20 heavy (non-hydrogen) atoms. The van der Waals surface area contributed by atoms with Crippen molar-refractivity contribution in [2.24, 2.45) is 0 Å². The minimum absolute atomic E-state index is 0.108. The highest BCUT2D eigenvalue weighted by Crippen LogP contribution is 2.41. The zero-order valence-electron chi connectivity index (χ0n) is 13.4. The first-order chi connectivity index (χ1) is 9.47. The van der Waals surface area contributed by atoms with E-state index in [9.17, 15) is 0 Å². The molecule has 0 radical (unpaired) electrons. The van der Waals surface area contributed by atoms with Crippen LogP contribution in [-0.2, 0) is 5.41 Å². The molecular weight excluding hydrogens is 250 g/mol. The Kier molecular flexibility index (Phi) is 4.59. The molecule has 0 aromatic heterocycles. The summed E-state index contributed by atoms with van der Waals surface area (Å²) in [5, 5.41) is 3.48. The molecule has 1 aliphatic heterocycles. The first kappa shape index (κ1) is 15.2.